The molecule has 33 heavy (non-hydrogen) atoms. The van der Waals surface area contributed by atoms with Crippen molar-refractivity contribution in [2.45, 2.75) is 13.8 Å². The molecule has 0 atom stereocenters. The van der Waals surface area contributed by atoms with Gasteiger partial charge in [-0.1, -0.05) is 66.7 Å². The summed E-state index contributed by atoms with van der Waals surface area (Å²) >= 11 is 0. The van der Waals surface area contributed by atoms with E-state index in [1.807, 2.05) is 72.8 Å². The molecule has 0 aliphatic heterocycles. The van der Waals surface area contributed by atoms with Crippen molar-refractivity contribution in [1.29, 1.82) is 0 Å². The first-order valence-corrected chi connectivity index (χ1v) is 10.6. The quantitative estimate of drug-likeness (QED) is 0.171. The maximum Gasteiger partial charge on any atom is 0.343 e. The van der Waals surface area contributed by atoms with Gasteiger partial charge in [-0.25, -0.2) is 14.8 Å². The Kier molecular flexibility index (Phi) is 6.55. The molecule has 4 rings (SSSR count). The van der Waals surface area contributed by atoms with Crippen LogP contribution in [0.5, 0.6) is 0 Å². The van der Waals surface area contributed by atoms with E-state index >= 15 is 0 Å². The standard InChI is InChI=1S/C27H23N3O3/c1-3-33-27(32)21(18(2)31)17-28-22-15-10-16-23-26(22)30-25(20-13-8-5-9-14-20)24(29-23)19-11-6-4-7-12-19/h4-17,31H,3H2,1-2H3/b21-18-,28-17?. The van der Waals surface area contributed by atoms with Gasteiger partial charge in [0.15, 0.2) is 0 Å². The molecular weight excluding hydrogens is 414 g/mol. The van der Waals surface area contributed by atoms with Crippen molar-refractivity contribution in [3.05, 3.63) is 90.2 Å². The molecule has 0 saturated carbocycles. The van der Waals surface area contributed by atoms with E-state index in [4.69, 9.17) is 14.7 Å². The first-order valence-electron chi connectivity index (χ1n) is 10.6. The molecule has 0 bridgehead atoms. The molecule has 3 aromatic carbocycles. The molecule has 0 fully saturated rings. The number of allylic oxidation sites excluding steroid dienone is 1. The van der Waals surface area contributed by atoms with Gasteiger partial charge in [-0.15, -0.1) is 0 Å². The lowest BCUT2D eigenvalue weighted by Crippen LogP contribution is -2.10. The van der Waals surface area contributed by atoms with E-state index in [0.717, 1.165) is 22.5 Å². The topological polar surface area (TPSA) is 84.7 Å². The second-order valence-corrected chi connectivity index (χ2v) is 7.28. The Balaban J connectivity index is 1.89. The number of carbonyl (C=O) groups is 1. The second-order valence-electron chi connectivity index (χ2n) is 7.28. The fourth-order valence-electron chi connectivity index (χ4n) is 3.40. The molecule has 1 N–H and O–H groups in total. The molecule has 0 radical (unpaired) electrons. The maximum atomic E-state index is 12.2. The van der Waals surface area contributed by atoms with E-state index in [-0.39, 0.29) is 17.9 Å². The number of aliphatic imine (C=N–C) groups is 1. The third kappa shape index (κ3) is 4.80. The third-order valence-corrected chi connectivity index (χ3v) is 4.99. The van der Waals surface area contributed by atoms with Crippen LogP contribution >= 0.6 is 0 Å². The Labute approximate surface area is 191 Å². The van der Waals surface area contributed by atoms with Crippen LogP contribution in [-0.2, 0) is 9.53 Å². The number of aliphatic hydroxyl groups is 1. The summed E-state index contributed by atoms with van der Waals surface area (Å²) < 4.78 is 5.01. The Bertz CT molecular complexity index is 1340. The monoisotopic (exact) mass is 437 g/mol. The number of esters is 1. The van der Waals surface area contributed by atoms with E-state index in [2.05, 4.69) is 4.99 Å². The van der Waals surface area contributed by atoms with E-state index in [1.54, 1.807) is 13.0 Å². The number of aromatic nitrogens is 2. The summed E-state index contributed by atoms with van der Waals surface area (Å²) in [6.45, 7) is 3.32. The number of nitrogens with zero attached hydrogens (tertiary/aromatic N) is 3. The van der Waals surface area contributed by atoms with Gasteiger partial charge in [0.1, 0.15) is 16.8 Å². The van der Waals surface area contributed by atoms with Crippen LogP contribution in [0, 0.1) is 0 Å². The summed E-state index contributed by atoms with van der Waals surface area (Å²) in [6, 6.07) is 25.3. The maximum absolute atomic E-state index is 12.2. The van der Waals surface area contributed by atoms with Crippen LogP contribution in [0.3, 0.4) is 0 Å². The van der Waals surface area contributed by atoms with E-state index in [1.165, 1.54) is 13.1 Å². The number of benzene rings is 3. The van der Waals surface area contributed by atoms with Gasteiger partial charge >= 0.3 is 5.97 Å². The Morgan fingerprint density at radius 2 is 1.52 bits per heavy atom. The van der Waals surface area contributed by atoms with Gasteiger partial charge in [0.25, 0.3) is 0 Å². The zero-order valence-corrected chi connectivity index (χ0v) is 18.4. The van der Waals surface area contributed by atoms with Crippen molar-refractivity contribution in [2.75, 3.05) is 6.61 Å². The number of aliphatic hydroxyl groups excluding tert-OH is 1. The largest absolute Gasteiger partial charge is 0.512 e. The molecule has 0 aliphatic carbocycles. The lowest BCUT2D eigenvalue weighted by molar-refractivity contribution is -0.138. The lowest BCUT2D eigenvalue weighted by atomic mass is 10.0. The molecule has 0 spiro atoms. The van der Waals surface area contributed by atoms with Gasteiger partial charge in [-0.3, -0.25) is 4.99 Å². The van der Waals surface area contributed by atoms with E-state index in [9.17, 15) is 9.90 Å². The van der Waals surface area contributed by atoms with Crippen LogP contribution < -0.4 is 0 Å². The molecular formula is C27H23N3O3. The highest BCUT2D eigenvalue weighted by Crippen LogP contribution is 2.33. The minimum absolute atomic E-state index is 0.00833. The highest BCUT2D eigenvalue weighted by atomic mass is 16.5. The normalized spacial score (nSPS) is 12.1. The molecule has 0 saturated heterocycles. The first kappa shape index (κ1) is 21.9. The number of para-hydroxylation sites is 1. The van der Waals surface area contributed by atoms with Crippen LogP contribution in [0.15, 0.2) is 95.2 Å². The van der Waals surface area contributed by atoms with Crippen LogP contribution in [0.4, 0.5) is 5.69 Å². The van der Waals surface area contributed by atoms with Crippen molar-refractivity contribution in [3.63, 3.8) is 0 Å². The first-order chi connectivity index (χ1) is 16.1. The average Bonchev–Trinajstić information content (AvgIpc) is 2.84. The Morgan fingerprint density at radius 1 is 0.909 bits per heavy atom. The highest BCUT2D eigenvalue weighted by Gasteiger charge is 2.16. The smallest absolute Gasteiger partial charge is 0.343 e. The SMILES string of the molecule is CCOC(=O)/C(C=Nc1cccc2nc(-c3ccccc3)c(-c3ccccc3)nc12)=C(/C)O. The van der Waals surface area contributed by atoms with Crippen LogP contribution in [0.2, 0.25) is 0 Å². The van der Waals surface area contributed by atoms with Crippen LogP contribution in [0.25, 0.3) is 33.5 Å². The minimum atomic E-state index is -0.635. The number of rotatable bonds is 6. The number of carbonyl (C=O) groups excluding carboxylic acids is 1. The third-order valence-electron chi connectivity index (χ3n) is 4.99. The number of hydrogen-bond acceptors (Lipinski definition) is 6. The van der Waals surface area contributed by atoms with Crippen molar-refractivity contribution in [2.24, 2.45) is 4.99 Å². The highest BCUT2D eigenvalue weighted by molar-refractivity contribution is 6.11. The number of fused-ring (bicyclic) bond motifs is 1. The zero-order valence-electron chi connectivity index (χ0n) is 18.4. The van der Waals surface area contributed by atoms with Crippen molar-refractivity contribution >= 4 is 28.9 Å². The average molecular weight is 437 g/mol. The molecule has 0 amide bonds. The van der Waals surface area contributed by atoms with Crippen LogP contribution in [0.1, 0.15) is 13.8 Å². The fourth-order valence-corrected chi connectivity index (χ4v) is 3.40. The summed E-state index contributed by atoms with van der Waals surface area (Å²) in [6.07, 6.45) is 1.30. The van der Waals surface area contributed by atoms with Crippen LogP contribution in [-0.4, -0.2) is 33.9 Å². The number of hydrogen-bond donors (Lipinski definition) is 1. The van der Waals surface area contributed by atoms with Gasteiger partial charge < -0.3 is 9.84 Å². The summed E-state index contributed by atoms with van der Waals surface area (Å²) in [5.74, 6) is -0.802. The Morgan fingerprint density at radius 3 is 2.09 bits per heavy atom. The summed E-state index contributed by atoms with van der Waals surface area (Å²) in [7, 11) is 0. The predicted molar refractivity (Wildman–Crippen MR) is 131 cm³/mol. The molecule has 0 aliphatic rings. The molecule has 1 heterocycles. The van der Waals surface area contributed by atoms with E-state index < -0.39 is 5.97 Å². The summed E-state index contributed by atoms with van der Waals surface area (Å²) in [5.41, 5.74) is 5.18. The molecule has 6 heteroatoms. The molecule has 0 unspecified atom stereocenters. The Hall–Kier alpha value is -4.32. The minimum Gasteiger partial charge on any atom is -0.512 e. The van der Waals surface area contributed by atoms with Gasteiger partial charge in [0, 0.05) is 17.3 Å². The van der Waals surface area contributed by atoms with Gasteiger partial charge in [0.2, 0.25) is 0 Å². The van der Waals surface area contributed by atoms with Crippen molar-refractivity contribution in [1.82, 2.24) is 9.97 Å². The zero-order chi connectivity index (χ0) is 23.2. The molecule has 164 valence electrons. The predicted octanol–water partition coefficient (Wildman–Crippen LogP) is 6.06. The van der Waals surface area contributed by atoms with E-state index in [0.29, 0.717) is 16.7 Å². The summed E-state index contributed by atoms with van der Waals surface area (Å²) in [5, 5.41) is 9.92. The van der Waals surface area contributed by atoms with Gasteiger partial charge in [-0.2, -0.15) is 0 Å². The van der Waals surface area contributed by atoms with Crippen molar-refractivity contribution in [3.8, 4) is 22.5 Å². The van der Waals surface area contributed by atoms with Gasteiger partial charge in [0.05, 0.1) is 29.2 Å². The second kappa shape index (κ2) is 9.87. The molecule has 1 aromatic heterocycles. The fraction of sp³-hybridized carbons (Fsp3) is 0.111. The molecule has 6 nitrogen and oxygen atoms in total. The van der Waals surface area contributed by atoms with Crippen molar-refractivity contribution < 1.29 is 14.6 Å². The molecule has 4 aromatic rings. The van der Waals surface area contributed by atoms with Gasteiger partial charge in [-0.05, 0) is 26.0 Å². The lowest BCUT2D eigenvalue weighted by Gasteiger charge is -2.11. The number of ether oxygens (including phenoxy) is 1. The summed E-state index contributed by atoms with van der Waals surface area (Å²) in [4.78, 5) is 26.5.